The van der Waals surface area contributed by atoms with E-state index in [0.717, 1.165) is 31.1 Å². The van der Waals surface area contributed by atoms with Crippen LogP contribution in [0.5, 0.6) is 11.5 Å². The molecule has 0 amide bonds. The van der Waals surface area contributed by atoms with Crippen molar-refractivity contribution >= 4 is 5.96 Å². The van der Waals surface area contributed by atoms with Crippen molar-refractivity contribution < 1.29 is 14.2 Å². The van der Waals surface area contributed by atoms with Gasteiger partial charge in [0.05, 0.1) is 7.11 Å². The van der Waals surface area contributed by atoms with Crippen molar-refractivity contribution in [2.24, 2.45) is 10.4 Å². The number of aliphatic imine (C=N–C) groups is 1. The molecule has 0 heterocycles. The lowest BCUT2D eigenvalue weighted by atomic mass is 9.67. The number of terminal acetylenes is 1. The summed E-state index contributed by atoms with van der Waals surface area (Å²) in [5.74, 6) is 4.58. The van der Waals surface area contributed by atoms with Crippen molar-refractivity contribution in [3.8, 4) is 23.8 Å². The molecule has 0 aliphatic heterocycles. The van der Waals surface area contributed by atoms with Crippen molar-refractivity contribution in [3.63, 3.8) is 0 Å². The Morgan fingerprint density at radius 3 is 2.67 bits per heavy atom. The molecular formula is C21H31N3O3. The summed E-state index contributed by atoms with van der Waals surface area (Å²) >= 11 is 0. The average molecular weight is 373 g/mol. The van der Waals surface area contributed by atoms with Crippen LogP contribution < -0.4 is 20.1 Å². The summed E-state index contributed by atoms with van der Waals surface area (Å²) in [5, 5.41) is 6.82. The summed E-state index contributed by atoms with van der Waals surface area (Å²) in [5.41, 5.74) is 1.40. The molecule has 6 heteroatoms. The van der Waals surface area contributed by atoms with E-state index in [4.69, 9.17) is 20.6 Å². The van der Waals surface area contributed by atoms with Crippen molar-refractivity contribution in [3.05, 3.63) is 23.8 Å². The SMILES string of the molecule is C#CCOc1cc(CNC(=NC)NCC2(CCOC)CCC2)ccc1OC. The lowest BCUT2D eigenvalue weighted by molar-refractivity contribution is 0.0732. The topological polar surface area (TPSA) is 64.1 Å². The maximum Gasteiger partial charge on any atom is 0.191 e. The summed E-state index contributed by atoms with van der Waals surface area (Å²) < 4.78 is 16.1. The van der Waals surface area contributed by atoms with E-state index in [1.807, 2.05) is 18.2 Å². The first-order chi connectivity index (χ1) is 13.2. The quantitative estimate of drug-likeness (QED) is 0.375. The van der Waals surface area contributed by atoms with Gasteiger partial charge in [0, 0.05) is 33.9 Å². The fourth-order valence-electron chi connectivity index (χ4n) is 3.25. The molecule has 1 saturated carbocycles. The highest BCUT2D eigenvalue weighted by Gasteiger charge is 2.36. The molecule has 1 fully saturated rings. The predicted molar refractivity (Wildman–Crippen MR) is 108 cm³/mol. The molecule has 0 bridgehead atoms. The fourth-order valence-corrected chi connectivity index (χ4v) is 3.25. The van der Waals surface area contributed by atoms with Crippen LogP contribution in [0.4, 0.5) is 0 Å². The number of benzene rings is 1. The number of guanidine groups is 1. The van der Waals surface area contributed by atoms with Gasteiger partial charge in [-0.2, -0.15) is 0 Å². The van der Waals surface area contributed by atoms with Gasteiger partial charge in [0.1, 0.15) is 6.61 Å². The molecule has 2 rings (SSSR count). The molecule has 27 heavy (non-hydrogen) atoms. The number of nitrogens with zero attached hydrogens (tertiary/aromatic N) is 1. The molecule has 0 atom stereocenters. The zero-order valence-electron chi connectivity index (χ0n) is 16.6. The first-order valence-corrected chi connectivity index (χ1v) is 9.33. The van der Waals surface area contributed by atoms with Gasteiger partial charge in [-0.3, -0.25) is 4.99 Å². The minimum absolute atomic E-state index is 0.208. The van der Waals surface area contributed by atoms with Crippen LogP contribution in [0.1, 0.15) is 31.2 Å². The highest BCUT2D eigenvalue weighted by molar-refractivity contribution is 5.79. The van der Waals surface area contributed by atoms with Crippen LogP contribution in [0.25, 0.3) is 0 Å². The third-order valence-corrected chi connectivity index (χ3v) is 5.10. The van der Waals surface area contributed by atoms with Crippen LogP contribution in [0.15, 0.2) is 23.2 Å². The third-order valence-electron chi connectivity index (χ3n) is 5.10. The second-order valence-corrected chi connectivity index (χ2v) is 6.85. The second kappa shape index (κ2) is 10.7. The van der Waals surface area contributed by atoms with E-state index in [1.165, 1.54) is 19.3 Å². The van der Waals surface area contributed by atoms with E-state index in [1.54, 1.807) is 21.3 Å². The molecular weight excluding hydrogens is 342 g/mol. The molecule has 1 aromatic rings. The monoisotopic (exact) mass is 373 g/mol. The highest BCUT2D eigenvalue weighted by atomic mass is 16.5. The molecule has 1 aliphatic rings. The number of methoxy groups -OCH3 is 2. The Balaban J connectivity index is 1.89. The largest absolute Gasteiger partial charge is 0.493 e. The Morgan fingerprint density at radius 2 is 2.07 bits per heavy atom. The summed E-state index contributed by atoms with van der Waals surface area (Å²) in [6, 6.07) is 5.81. The zero-order chi connectivity index (χ0) is 19.5. The smallest absolute Gasteiger partial charge is 0.191 e. The molecule has 0 saturated heterocycles. The Morgan fingerprint density at radius 1 is 1.26 bits per heavy atom. The highest BCUT2D eigenvalue weighted by Crippen LogP contribution is 2.43. The lowest BCUT2D eigenvalue weighted by Gasteiger charge is -2.42. The standard InChI is InChI=1S/C21H31N3O3/c1-5-12-27-19-14-17(7-8-18(19)26-4)15-23-20(22-2)24-16-21(9-6-10-21)11-13-25-3/h1,7-8,14H,6,9-13,15-16H2,2-4H3,(H2,22,23,24). The number of rotatable bonds is 10. The van der Waals surface area contributed by atoms with Crippen LogP contribution in [0.3, 0.4) is 0 Å². The number of hydrogen-bond donors (Lipinski definition) is 2. The van der Waals surface area contributed by atoms with E-state index in [-0.39, 0.29) is 6.61 Å². The molecule has 1 aliphatic carbocycles. The van der Waals surface area contributed by atoms with Crippen LogP contribution in [0.2, 0.25) is 0 Å². The van der Waals surface area contributed by atoms with Crippen molar-refractivity contribution in [2.45, 2.75) is 32.2 Å². The predicted octanol–water partition coefficient (Wildman–Crippen LogP) is 2.58. The molecule has 0 aromatic heterocycles. The Hall–Kier alpha value is -2.39. The van der Waals surface area contributed by atoms with E-state index in [0.29, 0.717) is 23.5 Å². The van der Waals surface area contributed by atoms with Gasteiger partial charge in [0.25, 0.3) is 0 Å². The van der Waals surface area contributed by atoms with Crippen LogP contribution in [0, 0.1) is 17.8 Å². The molecule has 0 radical (unpaired) electrons. The summed E-state index contributed by atoms with van der Waals surface area (Å²) in [4.78, 5) is 4.33. The minimum Gasteiger partial charge on any atom is -0.493 e. The van der Waals surface area contributed by atoms with Gasteiger partial charge in [0.15, 0.2) is 17.5 Å². The molecule has 0 spiro atoms. The van der Waals surface area contributed by atoms with E-state index in [9.17, 15) is 0 Å². The number of nitrogens with one attached hydrogen (secondary N) is 2. The third kappa shape index (κ3) is 6.07. The Bertz CT molecular complexity index is 663. The zero-order valence-corrected chi connectivity index (χ0v) is 16.6. The van der Waals surface area contributed by atoms with Gasteiger partial charge < -0.3 is 24.8 Å². The van der Waals surface area contributed by atoms with E-state index < -0.39 is 0 Å². The first kappa shape index (κ1) is 20.9. The van der Waals surface area contributed by atoms with Gasteiger partial charge in [0.2, 0.25) is 0 Å². The van der Waals surface area contributed by atoms with Crippen LogP contribution >= 0.6 is 0 Å². The van der Waals surface area contributed by atoms with Crippen molar-refractivity contribution in [1.29, 1.82) is 0 Å². The minimum atomic E-state index is 0.208. The van der Waals surface area contributed by atoms with Crippen LogP contribution in [-0.2, 0) is 11.3 Å². The van der Waals surface area contributed by atoms with E-state index >= 15 is 0 Å². The maximum atomic E-state index is 5.56. The summed E-state index contributed by atoms with van der Waals surface area (Å²) in [6.45, 7) is 2.55. The molecule has 1 aromatic carbocycles. The fraction of sp³-hybridized carbons (Fsp3) is 0.571. The van der Waals surface area contributed by atoms with Crippen molar-refractivity contribution in [2.75, 3.05) is 41.0 Å². The van der Waals surface area contributed by atoms with Gasteiger partial charge in [-0.05, 0) is 42.4 Å². The molecule has 0 unspecified atom stereocenters. The normalized spacial score (nSPS) is 15.4. The first-order valence-electron chi connectivity index (χ1n) is 9.33. The number of hydrogen-bond acceptors (Lipinski definition) is 4. The molecule has 6 nitrogen and oxygen atoms in total. The van der Waals surface area contributed by atoms with Gasteiger partial charge in [-0.25, -0.2) is 0 Å². The summed E-state index contributed by atoms with van der Waals surface area (Å²) in [6.07, 6.45) is 10.1. The summed E-state index contributed by atoms with van der Waals surface area (Å²) in [7, 11) is 5.16. The lowest BCUT2D eigenvalue weighted by Crippen LogP contribution is -2.46. The Labute approximate surface area is 162 Å². The average Bonchev–Trinajstić information content (AvgIpc) is 2.67. The molecule has 148 valence electrons. The Kier molecular flexibility index (Phi) is 8.28. The van der Waals surface area contributed by atoms with Crippen molar-refractivity contribution in [1.82, 2.24) is 10.6 Å². The molecule has 2 N–H and O–H groups in total. The number of ether oxygens (including phenoxy) is 3. The maximum absolute atomic E-state index is 5.56. The van der Waals surface area contributed by atoms with E-state index in [2.05, 4.69) is 21.5 Å². The van der Waals surface area contributed by atoms with Gasteiger partial charge in [-0.1, -0.05) is 18.4 Å². The van der Waals surface area contributed by atoms with Crippen LogP contribution in [-0.4, -0.2) is 47.0 Å². The van der Waals surface area contributed by atoms with Gasteiger partial charge >= 0.3 is 0 Å². The van der Waals surface area contributed by atoms with Gasteiger partial charge in [-0.15, -0.1) is 6.42 Å². The second-order valence-electron chi connectivity index (χ2n) is 6.85.